The Bertz CT molecular complexity index is 635. The first-order chi connectivity index (χ1) is 8.49. The van der Waals surface area contributed by atoms with E-state index in [1.807, 2.05) is 7.05 Å². The number of nitrogens with one attached hydrogen (secondary N) is 1. The summed E-state index contributed by atoms with van der Waals surface area (Å²) in [6.45, 7) is 0.169. The summed E-state index contributed by atoms with van der Waals surface area (Å²) < 4.78 is 29.1. The molecule has 1 aromatic carbocycles. The van der Waals surface area contributed by atoms with Gasteiger partial charge in [0.2, 0.25) is 10.0 Å². The van der Waals surface area contributed by atoms with Crippen LogP contribution in [0.15, 0.2) is 46.0 Å². The van der Waals surface area contributed by atoms with Crippen LogP contribution in [0.25, 0.3) is 0 Å². The van der Waals surface area contributed by atoms with Crippen molar-refractivity contribution < 1.29 is 8.42 Å². The first-order valence-electron chi connectivity index (χ1n) is 5.20. The molecule has 0 bridgehead atoms. The highest BCUT2D eigenvalue weighted by atomic mass is 79.9. The predicted octanol–water partition coefficient (Wildman–Crippen LogP) is 1.66. The molecule has 18 heavy (non-hydrogen) atoms. The number of halogens is 1. The van der Waals surface area contributed by atoms with Crippen LogP contribution in [-0.2, 0) is 23.6 Å². The van der Waals surface area contributed by atoms with Gasteiger partial charge < -0.3 is 4.57 Å². The molecule has 0 saturated heterocycles. The van der Waals surface area contributed by atoms with Gasteiger partial charge in [0.1, 0.15) is 5.82 Å². The zero-order valence-corrected chi connectivity index (χ0v) is 12.1. The number of aryl methyl sites for hydroxylation is 1. The van der Waals surface area contributed by atoms with Crippen molar-refractivity contribution in [2.45, 2.75) is 11.4 Å². The van der Waals surface area contributed by atoms with Crippen molar-refractivity contribution >= 4 is 26.0 Å². The molecular formula is C11H12BrN3O2S. The molecule has 1 heterocycles. The van der Waals surface area contributed by atoms with E-state index in [4.69, 9.17) is 0 Å². The maximum absolute atomic E-state index is 12.0. The van der Waals surface area contributed by atoms with Crippen molar-refractivity contribution in [3.05, 3.63) is 47.0 Å². The Balaban J connectivity index is 2.13. The van der Waals surface area contributed by atoms with Crippen LogP contribution in [-0.4, -0.2) is 18.0 Å². The van der Waals surface area contributed by atoms with E-state index in [-0.39, 0.29) is 11.4 Å². The summed E-state index contributed by atoms with van der Waals surface area (Å²) in [5, 5.41) is 0. The molecule has 1 aromatic heterocycles. The van der Waals surface area contributed by atoms with E-state index in [1.54, 1.807) is 41.2 Å². The van der Waals surface area contributed by atoms with Gasteiger partial charge in [-0.3, -0.25) is 0 Å². The first-order valence-corrected chi connectivity index (χ1v) is 7.48. The third-order valence-electron chi connectivity index (χ3n) is 2.47. The highest BCUT2D eigenvalue weighted by Gasteiger charge is 2.14. The lowest BCUT2D eigenvalue weighted by atomic mass is 10.4. The van der Waals surface area contributed by atoms with Crippen molar-refractivity contribution in [3.63, 3.8) is 0 Å². The minimum Gasteiger partial charge on any atom is -0.337 e. The Morgan fingerprint density at radius 3 is 2.56 bits per heavy atom. The van der Waals surface area contributed by atoms with Gasteiger partial charge in [-0.1, -0.05) is 15.9 Å². The van der Waals surface area contributed by atoms with Crippen LogP contribution in [0, 0.1) is 0 Å². The Morgan fingerprint density at radius 1 is 1.33 bits per heavy atom. The van der Waals surface area contributed by atoms with E-state index < -0.39 is 10.0 Å². The van der Waals surface area contributed by atoms with Crippen LogP contribution in [0.5, 0.6) is 0 Å². The van der Waals surface area contributed by atoms with Gasteiger partial charge in [-0.2, -0.15) is 0 Å². The fourth-order valence-corrected chi connectivity index (χ4v) is 2.67. The number of nitrogens with zero attached hydrogens (tertiary/aromatic N) is 2. The third-order valence-corrected chi connectivity index (χ3v) is 4.41. The van der Waals surface area contributed by atoms with Crippen LogP contribution in [0.2, 0.25) is 0 Å². The second-order valence-electron chi connectivity index (χ2n) is 3.73. The molecule has 96 valence electrons. The second-order valence-corrected chi connectivity index (χ2v) is 6.42. The maximum atomic E-state index is 12.0. The van der Waals surface area contributed by atoms with Crippen molar-refractivity contribution in [1.29, 1.82) is 0 Å². The second kappa shape index (κ2) is 5.21. The van der Waals surface area contributed by atoms with Crippen molar-refractivity contribution in [2.75, 3.05) is 0 Å². The van der Waals surface area contributed by atoms with Crippen molar-refractivity contribution in [1.82, 2.24) is 14.3 Å². The van der Waals surface area contributed by atoms with Gasteiger partial charge in [0, 0.05) is 23.9 Å². The van der Waals surface area contributed by atoms with Crippen LogP contribution in [0.1, 0.15) is 5.82 Å². The van der Waals surface area contributed by atoms with Gasteiger partial charge in [0.15, 0.2) is 0 Å². The zero-order chi connectivity index (χ0) is 13.2. The zero-order valence-electron chi connectivity index (χ0n) is 9.67. The fraction of sp³-hybridized carbons (Fsp3) is 0.182. The standard InChI is InChI=1S/C11H12BrN3O2S/c1-15-7-6-13-11(15)8-14-18(16,17)10-4-2-9(12)3-5-10/h2-7,14H,8H2,1H3. The predicted molar refractivity (Wildman–Crippen MR) is 71.4 cm³/mol. The average Bonchev–Trinajstić information content (AvgIpc) is 2.73. The molecule has 5 nitrogen and oxygen atoms in total. The molecule has 0 aliphatic rings. The van der Waals surface area contributed by atoms with E-state index >= 15 is 0 Å². The van der Waals surface area contributed by atoms with Gasteiger partial charge in [-0.25, -0.2) is 18.1 Å². The van der Waals surface area contributed by atoms with E-state index in [0.717, 1.165) is 4.47 Å². The molecule has 0 spiro atoms. The SMILES string of the molecule is Cn1ccnc1CNS(=O)(=O)c1ccc(Br)cc1. The lowest BCUT2D eigenvalue weighted by molar-refractivity contribution is 0.577. The summed E-state index contributed by atoms with van der Waals surface area (Å²) in [5.74, 6) is 0.663. The molecule has 0 amide bonds. The van der Waals surface area contributed by atoms with E-state index in [0.29, 0.717) is 5.82 Å². The summed E-state index contributed by atoms with van der Waals surface area (Å²) in [6.07, 6.45) is 3.40. The Morgan fingerprint density at radius 2 is 2.00 bits per heavy atom. The average molecular weight is 330 g/mol. The van der Waals surface area contributed by atoms with Crippen LogP contribution < -0.4 is 4.72 Å². The normalized spacial score (nSPS) is 11.7. The molecule has 2 rings (SSSR count). The Kier molecular flexibility index (Phi) is 3.84. The Hall–Kier alpha value is -1.18. The molecule has 2 aromatic rings. The van der Waals surface area contributed by atoms with Gasteiger partial charge in [-0.15, -0.1) is 0 Å². The van der Waals surface area contributed by atoms with Crippen LogP contribution >= 0.6 is 15.9 Å². The van der Waals surface area contributed by atoms with Gasteiger partial charge >= 0.3 is 0 Å². The highest BCUT2D eigenvalue weighted by Crippen LogP contribution is 2.14. The quantitative estimate of drug-likeness (QED) is 0.927. The minimum absolute atomic E-state index is 0.169. The number of sulfonamides is 1. The molecule has 0 unspecified atom stereocenters. The molecular weight excluding hydrogens is 318 g/mol. The lowest BCUT2D eigenvalue weighted by Gasteiger charge is -2.06. The van der Waals surface area contributed by atoms with Crippen molar-refractivity contribution in [3.8, 4) is 0 Å². The summed E-state index contributed by atoms with van der Waals surface area (Å²) >= 11 is 3.26. The monoisotopic (exact) mass is 329 g/mol. The molecule has 7 heteroatoms. The number of hydrogen-bond donors (Lipinski definition) is 1. The van der Waals surface area contributed by atoms with Crippen molar-refractivity contribution in [2.24, 2.45) is 7.05 Å². The van der Waals surface area contributed by atoms with Gasteiger partial charge in [0.05, 0.1) is 11.4 Å². The largest absolute Gasteiger partial charge is 0.337 e. The van der Waals surface area contributed by atoms with E-state index in [9.17, 15) is 8.42 Å². The summed E-state index contributed by atoms with van der Waals surface area (Å²) in [4.78, 5) is 4.29. The number of benzene rings is 1. The van der Waals surface area contributed by atoms with Crippen LogP contribution in [0.4, 0.5) is 0 Å². The number of aromatic nitrogens is 2. The number of imidazole rings is 1. The Labute approximate surface area is 114 Å². The summed E-state index contributed by atoms with van der Waals surface area (Å²) in [7, 11) is -1.68. The smallest absolute Gasteiger partial charge is 0.240 e. The van der Waals surface area contributed by atoms with Gasteiger partial charge in [0.25, 0.3) is 0 Å². The summed E-state index contributed by atoms with van der Waals surface area (Å²) in [6, 6.07) is 6.47. The van der Waals surface area contributed by atoms with E-state index in [2.05, 4.69) is 25.6 Å². The molecule has 0 aliphatic carbocycles. The van der Waals surface area contributed by atoms with Gasteiger partial charge in [-0.05, 0) is 24.3 Å². The number of rotatable bonds is 4. The summed E-state index contributed by atoms with van der Waals surface area (Å²) in [5.41, 5.74) is 0. The first kappa shape index (κ1) is 13.3. The highest BCUT2D eigenvalue weighted by molar-refractivity contribution is 9.10. The van der Waals surface area contributed by atoms with E-state index in [1.165, 1.54) is 0 Å². The fourth-order valence-electron chi connectivity index (χ4n) is 1.42. The van der Waals surface area contributed by atoms with Crippen LogP contribution in [0.3, 0.4) is 0 Å². The third kappa shape index (κ3) is 2.98. The number of hydrogen-bond acceptors (Lipinski definition) is 3. The topological polar surface area (TPSA) is 64.0 Å². The molecule has 0 aliphatic heterocycles. The molecule has 1 N–H and O–H groups in total. The molecule has 0 atom stereocenters. The molecule has 0 fully saturated rings. The lowest BCUT2D eigenvalue weighted by Crippen LogP contribution is -2.24. The maximum Gasteiger partial charge on any atom is 0.240 e. The molecule has 0 radical (unpaired) electrons. The molecule has 0 saturated carbocycles. The minimum atomic E-state index is -3.49.